The number of carbonyl (C=O) groups is 2. The lowest BCUT2D eigenvalue weighted by Crippen LogP contribution is -2.50. The average molecular weight is 377 g/mol. The molecule has 0 bridgehead atoms. The van der Waals surface area contributed by atoms with Crippen molar-refractivity contribution in [2.45, 2.75) is 60.9 Å². The first-order valence-corrected chi connectivity index (χ1v) is 9.89. The molecule has 1 aliphatic heterocycles. The Labute approximate surface area is 164 Å². The van der Waals surface area contributed by atoms with Crippen molar-refractivity contribution in [1.82, 2.24) is 15.1 Å². The molecule has 1 unspecified atom stereocenters. The molecule has 0 aromatic rings. The summed E-state index contributed by atoms with van der Waals surface area (Å²) in [6, 6.07) is -0.170. The Morgan fingerprint density at radius 3 is 2.41 bits per heavy atom. The highest BCUT2D eigenvalue weighted by atomic mass is 16.2. The van der Waals surface area contributed by atoms with Crippen LogP contribution in [0.3, 0.4) is 0 Å². The van der Waals surface area contributed by atoms with E-state index in [1.165, 1.54) is 0 Å². The molecular formula is C21H36N4O2. The zero-order chi connectivity index (χ0) is 20.7. The van der Waals surface area contributed by atoms with E-state index in [0.29, 0.717) is 30.4 Å². The third kappa shape index (κ3) is 6.52. The van der Waals surface area contributed by atoms with Crippen LogP contribution in [0.2, 0.25) is 0 Å². The highest BCUT2D eigenvalue weighted by Crippen LogP contribution is 2.22. The van der Waals surface area contributed by atoms with Crippen molar-refractivity contribution in [3.05, 3.63) is 24.2 Å². The predicted molar refractivity (Wildman–Crippen MR) is 111 cm³/mol. The summed E-state index contributed by atoms with van der Waals surface area (Å²) >= 11 is 0. The largest absolute Gasteiger partial charge is 0.352 e. The second-order valence-corrected chi connectivity index (χ2v) is 7.95. The van der Waals surface area contributed by atoms with Gasteiger partial charge in [0.05, 0.1) is 5.57 Å². The molecule has 0 spiro atoms. The van der Waals surface area contributed by atoms with Crippen LogP contribution in [-0.2, 0) is 9.59 Å². The van der Waals surface area contributed by atoms with Crippen LogP contribution < -0.4 is 5.32 Å². The molecule has 0 aromatic heterocycles. The van der Waals surface area contributed by atoms with Gasteiger partial charge in [-0.05, 0) is 26.2 Å². The van der Waals surface area contributed by atoms with Gasteiger partial charge in [-0.15, -0.1) is 0 Å². The number of rotatable bonds is 9. The minimum Gasteiger partial charge on any atom is -0.352 e. The second kappa shape index (κ2) is 10.3. The third-order valence-corrected chi connectivity index (χ3v) is 4.32. The molecule has 0 radical (unpaired) electrons. The van der Waals surface area contributed by atoms with E-state index in [1.54, 1.807) is 4.90 Å². The molecular weight excluding hydrogens is 340 g/mol. The molecule has 0 fully saturated rings. The van der Waals surface area contributed by atoms with Gasteiger partial charge in [0.2, 0.25) is 5.91 Å². The van der Waals surface area contributed by atoms with Gasteiger partial charge in [0.15, 0.2) is 0 Å². The van der Waals surface area contributed by atoms with Crippen molar-refractivity contribution >= 4 is 17.5 Å². The number of amides is 2. The van der Waals surface area contributed by atoms with Gasteiger partial charge in [0.1, 0.15) is 5.82 Å². The Bertz CT molecular complexity index is 620. The van der Waals surface area contributed by atoms with Crippen molar-refractivity contribution < 1.29 is 9.59 Å². The molecule has 27 heavy (non-hydrogen) atoms. The maximum Gasteiger partial charge on any atom is 0.262 e. The zero-order valence-corrected chi connectivity index (χ0v) is 18.0. The van der Waals surface area contributed by atoms with Crippen LogP contribution >= 0.6 is 0 Å². The SMILES string of the molecule is C=C1N(CCC)C=C(/C(C)=N/CC(C)C)C(=O)N1CC(C)NC(=O)C(C)C. The topological polar surface area (TPSA) is 65.0 Å². The lowest BCUT2D eigenvalue weighted by atomic mass is 10.1. The van der Waals surface area contributed by atoms with Crippen LogP contribution in [-0.4, -0.2) is 53.0 Å². The Morgan fingerprint density at radius 2 is 1.89 bits per heavy atom. The molecule has 0 aromatic carbocycles. The standard InChI is InChI=1S/C21H36N4O2/c1-9-10-24-13-19(17(7)22-11-14(2)3)21(27)25(18(24)8)12-16(6)23-20(26)15(4)5/h13-16H,8-12H2,1-7H3,(H,23,26)/b22-17+. The van der Waals surface area contributed by atoms with E-state index in [2.05, 4.69) is 37.7 Å². The third-order valence-electron chi connectivity index (χ3n) is 4.32. The molecule has 1 rings (SSSR count). The monoisotopic (exact) mass is 376 g/mol. The predicted octanol–water partition coefficient (Wildman–Crippen LogP) is 3.17. The van der Waals surface area contributed by atoms with Crippen molar-refractivity contribution in [2.24, 2.45) is 16.8 Å². The maximum absolute atomic E-state index is 13.1. The fraction of sp³-hybridized carbons (Fsp3) is 0.667. The fourth-order valence-corrected chi connectivity index (χ4v) is 2.71. The van der Waals surface area contributed by atoms with E-state index in [0.717, 1.165) is 18.7 Å². The lowest BCUT2D eigenvalue weighted by molar-refractivity contribution is -0.129. The van der Waals surface area contributed by atoms with Gasteiger partial charge in [-0.25, -0.2) is 0 Å². The van der Waals surface area contributed by atoms with Gasteiger partial charge < -0.3 is 10.2 Å². The summed E-state index contributed by atoms with van der Waals surface area (Å²) in [5.41, 5.74) is 1.34. The van der Waals surface area contributed by atoms with Crippen molar-refractivity contribution in [3.8, 4) is 0 Å². The normalized spacial score (nSPS) is 16.9. The molecule has 0 saturated carbocycles. The highest BCUT2D eigenvalue weighted by molar-refractivity contribution is 6.21. The van der Waals surface area contributed by atoms with E-state index in [1.807, 2.05) is 38.8 Å². The summed E-state index contributed by atoms with van der Waals surface area (Å²) in [4.78, 5) is 33.3. The van der Waals surface area contributed by atoms with Crippen LogP contribution in [0.15, 0.2) is 29.2 Å². The molecule has 1 aliphatic rings. The van der Waals surface area contributed by atoms with E-state index in [9.17, 15) is 9.59 Å². The molecule has 0 saturated heterocycles. The minimum absolute atomic E-state index is 0.0200. The fourth-order valence-electron chi connectivity index (χ4n) is 2.71. The van der Waals surface area contributed by atoms with Gasteiger partial charge in [-0.2, -0.15) is 0 Å². The summed E-state index contributed by atoms with van der Waals surface area (Å²) in [7, 11) is 0. The van der Waals surface area contributed by atoms with E-state index < -0.39 is 0 Å². The van der Waals surface area contributed by atoms with Crippen molar-refractivity contribution in [1.29, 1.82) is 0 Å². The van der Waals surface area contributed by atoms with Crippen LogP contribution in [0, 0.1) is 11.8 Å². The Kier molecular flexibility index (Phi) is 8.73. The van der Waals surface area contributed by atoms with Gasteiger partial charge in [-0.1, -0.05) is 41.2 Å². The number of carbonyl (C=O) groups excluding carboxylic acids is 2. The van der Waals surface area contributed by atoms with E-state index in [-0.39, 0.29) is 23.8 Å². The minimum atomic E-state index is -0.170. The van der Waals surface area contributed by atoms with Crippen LogP contribution in [0.1, 0.15) is 54.9 Å². The molecule has 1 atom stereocenters. The smallest absolute Gasteiger partial charge is 0.262 e. The van der Waals surface area contributed by atoms with Crippen LogP contribution in [0.25, 0.3) is 0 Å². The van der Waals surface area contributed by atoms with Gasteiger partial charge >= 0.3 is 0 Å². The first kappa shape index (κ1) is 22.9. The lowest BCUT2D eigenvalue weighted by Gasteiger charge is -2.38. The molecule has 1 N–H and O–H groups in total. The first-order chi connectivity index (χ1) is 12.6. The number of hydrogen-bond acceptors (Lipinski definition) is 4. The van der Waals surface area contributed by atoms with E-state index in [4.69, 9.17) is 0 Å². The van der Waals surface area contributed by atoms with E-state index >= 15 is 0 Å². The molecule has 2 amide bonds. The van der Waals surface area contributed by atoms with Crippen molar-refractivity contribution in [3.63, 3.8) is 0 Å². The maximum atomic E-state index is 13.1. The number of nitrogens with one attached hydrogen (secondary N) is 1. The number of hydrogen-bond donors (Lipinski definition) is 1. The Hall–Kier alpha value is -2.11. The molecule has 152 valence electrons. The summed E-state index contributed by atoms with van der Waals surface area (Å²) in [5.74, 6) is 0.859. The molecule has 6 heteroatoms. The zero-order valence-electron chi connectivity index (χ0n) is 18.0. The molecule has 1 heterocycles. The molecule has 6 nitrogen and oxygen atoms in total. The first-order valence-electron chi connectivity index (χ1n) is 9.89. The summed E-state index contributed by atoms with van der Waals surface area (Å²) < 4.78 is 0. The van der Waals surface area contributed by atoms with Crippen molar-refractivity contribution in [2.75, 3.05) is 19.6 Å². The second-order valence-electron chi connectivity index (χ2n) is 7.95. The summed E-state index contributed by atoms with van der Waals surface area (Å²) in [5, 5.41) is 2.96. The Morgan fingerprint density at radius 1 is 1.26 bits per heavy atom. The van der Waals surface area contributed by atoms with Gasteiger partial charge in [0, 0.05) is 43.5 Å². The van der Waals surface area contributed by atoms with Gasteiger partial charge in [0.25, 0.3) is 5.91 Å². The van der Waals surface area contributed by atoms with Crippen LogP contribution in [0.4, 0.5) is 0 Å². The van der Waals surface area contributed by atoms with Crippen LogP contribution in [0.5, 0.6) is 0 Å². The Balaban J connectivity index is 3.06. The quantitative estimate of drug-likeness (QED) is 0.629. The molecule has 0 aliphatic carbocycles. The number of nitrogens with zero attached hydrogens (tertiary/aromatic N) is 3. The highest BCUT2D eigenvalue weighted by Gasteiger charge is 2.31. The summed E-state index contributed by atoms with van der Waals surface area (Å²) in [6.45, 7) is 19.7. The average Bonchev–Trinajstić information content (AvgIpc) is 2.58. The number of aliphatic imine (C=N–C) groups is 1. The van der Waals surface area contributed by atoms with Gasteiger partial charge in [-0.3, -0.25) is 19.5 Å². The summed E-state index contributed by atoms with van der Waals surface area (Å²) in [6.07, 6.45) is 2.80.